The molecule has 0 aromatic carbocycles. The van der Waals surface area contributed by atoms with Gasteiger partial charge in [0.1, 0.15) is 18.1 Å². The van der Waals surface area contributed by atoms with Crippen LogP contribution in [0.4, 0.5) is 0 Å². The van der Waals surface area contributed by atoms with E-state index in [4.69, 9.17) is 5.73 Å². The number of carboxylic acids is 1. The summed E-state index contributed by atoms with van der Waals surface area (Å²) in [7, 11) is 0. The maximum Gasteiger partial charge on any atom is 0.326 e. The molecule has 0 saturated carbocycles. The Labute approximate surface area is 180 Å². The summed E-state index contributed by atoms with van der Waals surface area (Å²) in [6.45, 7) is 0.869. The monoisotopic (exact) mass is 446 g/mol. The van der Waals surface area contributed by atoms with Crippen molar-refractivity contribution in [2.45, 2.75) is 56.3 Å². The van der Waals surface area contributed by atoms with Gasteiger partial charge in [-0.05, 0) is 44.1 Å². The SMILES string of the molecule is CSCCC(NC(=O)C1CCCN1C(=O)C1CCCN1C(=O)C(N)CS)C(=O)O. The van der Waals surface area contributed by atoms with Gasteiger partial charge in [-0.25, -0.2) is 4.79 Å². The highest BCUT2D eigenvalue weighted by Gasteiger charge is 2.43. The smallest absolute Gasteiger partial charge is 0.326 e. The number of hydrogen-bond donors (Lipinski definition) is 4. The molecule has 2 heterocycles. The maximum atomic E-state index is 13.2. The van der Waals surface area contributed by atoms with Gasteiger partial charge in [-0.2, -0.15) is 24.4 Å². The van der Waals surface area contributed by atoms with E-state index in [1.54, 1.807) is 0 Å². The minimum Gasteiger partial charge on any atom is -0.480 e. The summed E-state index contributed by atoms with van der Waals surface area (Å²) in [6.07, 6.45) is 4.54. The number of nitrogens with one attached hydrogen (secondary N) is 1. The lowest BCUT2D eigenvalue weighted by Crippen LogP contribution is -2.56. The summed E-state index contributed by atoms with van der Waals surface area (Å²) in [4.78, 5) is 52.8. The van der Waals surface area contributed by atoms with E-state index in [1.165, 1.54) is 21.6 Å². The largest absolute Gasteiger partial charge is 0.480 e. The van der Waals surface area contributed by atoms with Gasteiger partial charge >= 0.3 is 5.97 Å². The Bertz CT molecular complexity index is 635. The molecule has 0 radical (unpaired) electrons. The van der Waals surface area contributed by atoms with E-state index in [0.717, 1.165) is 0 Å². The number of carbonyl (C=O) groups excluding carboxylic acids is 3. The molecule has 0 spiro atoms. The summed E-state index contributed by atoms with van der Waals surface area (Å²) in [5.74, 6) is -1.31. The van der Waals surface area contributed by atoms with Crippen molar-refractivity contribution in [1.29, 1.82) is 0 Å². The molecular formula is C18H30N4O5S2. The first kappa shape index (κ1) is 23.8. The van der Waals surface area contributed by atoms with Gasteiger partial charge in [0, 0.05) is 18.8 Å². The molecule has 164 valence electrons. The van der Waals surface area contributed by atoms with Crippen LogP contribution in [0.25, 0.3) is 0 Å². The van der Waals surface area contributed by atoms with E-state index in [2.05, 4.69) is 17.9 Å². The Hall–Kier alpha value is -1.46. The summed E-state index contributed by atoms with van der Waals surface area (Å²) >= 11 is 5.56. The first-order valence-corrected chi connectivity index (χ1v) is 11.8. The predicted octanol–water partition coefficient (Wildman–Crippen LogP) is -0.452. The topological polar surface area (TPSA) is 133 Å². The molecule has 0 aliphatic carbocycles. The molecular weight excluding hydrogens is 416 g/mol. The Balaban J connectivity index is 2.07. The molecule has 0 aromatic heterocycles. The fourth-order valence-electron chi connectivity index (χ4n) is 3.83. The molecule has 4 unspecified atom stereocenters. The molecule has 2 rings (SSSR count). The molecule has 0 aromatic rings. The van der Waals surface area contributed by atoms with Crippen molar-refractivity contribution >= 4 is 48.1 Å². The van der Waals surface area contributed by atoms with Crippen LogP contribution in [0.15, 0.2) is 0 Å². The van der Waals surface area contributed by atoms with E-state index in [-0.39, 0.29) is 17.6 Å². The first-order chi connectivity index (χ1) is 13.8. The van der Waals surface area contributed by atoms with E-state index in [1.807, 2.05) is 6.26 Å². The minimum atomic E-state index is -1.09. The van der Waals surface area contributed by atoms with Crippen LogP contribution >= 0.6 is 24.4 Å². The van der Waals surface area contributed by atoms with E-state index in [0.29, 0.717) is 50.9 Å². The zero-order chi connectivity index (χ0) is 21.6. The average molecular weight is 447 g/mol. The molecule has 2 saturated heterocycles. The van der Waals surface area contributed by atoms with Crippen LogP contribution in [0.3, 0.4) is 0 Å². The zero-order valence-corrected chi connectivity index (χ0v) is 18.3. The standard InChI is InChI=1S/C18H30N4O5S2/c1-29-9-6-12(18(26)27)20-15(23)13-4-2-7-21(13)17(25)14-5-3-8-22(14)16(24)11(19)10-28/h11-14,28H,2-10,19H2,1H3,(H,20,23)(H,26,27). The molecule has 29 heavy (non-hydrogen) atoms. The van der Waals surface area contributed by atoms with Crippen LogP contribution in [0.5, 0.6) is 0 Å². The highest BCUT2D eigenvalue weighted by Crippen LogP contribution is 2.25. The number of thioether (sulfide) groups is 1. The number of aliphatic carboxylic acids is 1. The zero-order valence-electron chi connectivity index (χ0n) is 16.6. The van der Waals surface area contributed by atoms with Gasteiger partial charge in [0.2, 0.25) is 17.7 Å². The molecule has 3 amide bonds. The van der Waals surface area contributed by atoms with Crippen LogP contribution in [-0.4, -0.2) is 93.6 Å². The van der Waals surface area contributed by atoms with E-state index >= 15 is 0 Å². The van der Waals surface area contributed by atoms with Gasteiger partial charge in [0.05, 0.1) is 6.04 Å². The van der Waals surface area contributed by atoms with Crippen LogP contribution in [0, 0.1) is 0 Å². The fourth-order valence-corrected chi connectivity index (χ4v) is 4.46. The fraction of sp³-hybridized carbons (Fsp3) is 0.778. The molecule has 0 bridgehead atoms. The second kappa shape index (κ2) is 11.1. The van der Waals surface area contributed by atoms with Gasteiger partial charge in [0.15, 0.2) is 0 Å². The number of amides is 3. The van der Waals surface area contributed by atoms with Gasteiger partial charge in [-0.1, -0.05) is 0 Å². The number of likely N-dealkylation sites (tertiary alicyclic amines) is 2. The van der Waals surface area contributed by atoms with Gasteiger partial charge < -0.3 is 26.0 Å². The highest BCUT2D eigenvalue weighted by atomic mass is 32.2. The molecule has 4 atom stereocenters. The molecule has 2 aliphatic rings. The summed E-state index contributed by atoms with van der Waals surface area (Å²) in [5, 5.41) is 11.9. The summed E-state index contributed by atoms with van der Waals surface area (Å²) in [6, 6.07) is -3.09. The van der Waals surface area contributed by atoms with Crippen molar-refractivity contribution in [2.24, 2.45) is 5.73 Å². The van der Waals surface area contributed by atoms with Crippen molar-refractivity contribution in [3.05, 3.63) is 0 Å². The molecule has 9 nitrogen and oxygen atoms in total. The predicted molar refractivity (Wildman–Crippen MR) is 114 cm³/mol. The quantitative estimate of drug-likeness (QED) is 0.353. The number of carbonyl (C=O) groups is 4. The summed E-state index contributed by atoms with van der Waals surface area (Å²) in [5.41, 5.74) is 5.80. The van der Waals surface area contributed by atoms with Gasteiger partial charge in [0.25, 0.3) is 0 Å². The van der Waals surface area contributed by atoms with E-state index < -0.39 is 36.0 Å². The summed E-state index contributed by atoms with van der Waals surface area (Å²) < 4.78 is 0. The second-order valence-electron chi connectivity index (χ2n) is 7.35. The lowest BCUT2D eigenvalue weighted by molar-refractivity contribution is -0.148. The second-order valence-corrected chi connectivity index (χ2v) is 8.70. The Morgan fingerprint density at radius 3 is 2.38 bits per heavy atom. The average Bonchev–Trinajstić information content (AvgIpc) is 3.38. The lowest BCUT2D eigenvalue weighted by Gasteiger charge is -2.32. The number of nitrogens with two attached hydrogens (primary N) is 1. The Morgan fingerprint density at radius 2 is 1.79 bits per heavy atom. The Kier molecular flexibility index (Phi) is 9.09. The van der Waals surface area contributed by atoms with Crippen molar-refractivity contribution in [3.8, 4) is 0 Å². The van der Waals surface area contributed by atoms with Crippen molar-refractivity contribution in [3.63, 3.8) is 0 Å². The molecule has 11 heteroatoms. The number of thiol groups is 1. The maximum absolute atomic E-state index is 13.2. The number of hydrogen-bond acceptors (Lipinski definition) is 7. The molecule has 2 aliphatic heterocycles. The number of rotatable bonds is 9. The minimum absolute atomic E-state index is 0.192. The van der Waals surface area contributed by atoms with Crippen molar-refractivity contribution in [2.75, 3.05) is 30.9 Å². The highest BCUT2D eigenvalue weighted by molar-refractivity contribution is 7.98. The van der Waals surface area contributed by atoms with Crippen LogP contribution in [-0.2, 0) is 19.2 Å². The number of carboxylic acid groups (broad SMARTS) is 1. The lowest BCUT2D eigenvalue weighted by atomic mass is 10.1. The van der Waals surface area contributed by atoms with Crippen LogP contribution in [0.1, 0.15) is 32.1 Å². The van der Waals surface area contributed by atoms with Gasteiger partial charge in [-0.15, -0.1) is 0 Å². The third-order valence-electron chi connectivity index (χ3n) is 5.40. The third kappa shape index (κ3) is 5.79. The normalized spacial score (nSPS) is 23.7. The van der Waals surface area contributed by atoms with Crippen LogP contribution < -0.4 is 11.1 Å². The van der Waals surface area contributed by atoms with E-state index in [9.17, 15) is 24.3 Å². The third-order valence-corrected chi connectivity index (χ3v) is 6.44. The van der Waals surface area contributed by atoms with Crippen LogP contribution in [0.2, 0.25) is 0 Å². The number of nitrogens with zero attached hydrogens (tertiary/aromatic N) is 2. The Morgan fingerprint density at radius 1 is 1.17 bits per heavy atom. The van der Waals surface area contributed by atoms with Gasteiger partial charge in [-0.3, -0.25) is 14.4 Å². The molecule has 2 fully saturated rings. The first-order valence-electron chi connectivity index (χ1n) is 9.81. The van der Waals surface area contributed by atoms with Crippen molar-refractivity contribution in [1.82, 2.24) is 15.1 Å². The molecule has 4 N–H and O–H groups in total. The van der Waals surface area contributed by atoms with Crippen molar-refractivity contribution < 1.29 is 24.3 Å².